The van der Waals surface area contributed by atoms with Gasteiger partial charge in [-0.3, -0.25) is 9.59 Å². The van der Waals surface area contributed by atoms with E-state index in [1.807, 2.05) is 31.2 Å². The summed E-state index contributed by atoms with van der Waals surface area (Å²) in [5, 5.41) is 5.53. The molecule has 0 spiro atoms. The number of rotatable bonds is 7. The number of hydrogen-bond acceptors (Lipinski definition) is 4. The van der Waals surface area contributed by atoms with Gasteiger partial charge in [-0.05, 0) is 59.5 Å². The predicted molar refractivity (Wildman–Crippen MR) is 143 cm³/mol. The first-order valence-corrected chi connectivity index (χ1v) is 12.5. The third kappa shape index (κ3) is 10.4. The van der Waals surface area contributed by atoms with E-state index in [1.54, 1.807) is 33.2 Å². The number of aryl methyl sites for hydroxylation is 1. The molecule has 0 atom stereocenters. The van der Waals surface area contributed by atoms with Gasteiger partial charge in [0, 0.05) is 28.8 Å². The van der Waals surface area contributed by atoms with E-state index in [-0.39, 0.29) is 5.78 Å². The van der Waals surface area contributed by atoms with Gasteiger partial charge in [-0.1, -0.05) is 64.0 Å². The van der Waals surface area contributed by atoms with E-state index in [2.05, 4.69) is 33.5 Å². The maximum Gasteiger partial charge on any atom is 0.211 e. The Morgan fingerprint density at radius 2 is 1.88 bits per heavy atom. The van der Waals surface area contributed by atoms with Crippen molar-refractivity contribution in [1.29, 1.82) is 0 Å². The summed E-state index contributed by atoms with van der Waals surface area (Å²) in [5.74, 6) is 1.95. The first-order valence-electron chi connectivity index (χ1n) is 11.7. The number of ketones is 1. The van der Waals surface area contributed by atoms with E-state index in [9.17, 15) is 9.59 Å². The molecule has 1 fully saturated rings. The normalized spacial score (nSPS) is 12.9. The quantitative estimate of drug-likeness (QED) is 0.292. The molecule has 0 unspecified atom stereocenters. The van der Waals surface area contributed by atoms with Crippen LogP contribution in [0.5, 0.6) is 5.75 Å². The van der Waals surface area contributed by atoms with Crippen LogP contribution in [0.1, 0.15) is 74.7 Å². The summed E-state index contributed by atoms with van der Waals surface area (Å²) in [4.78, 5) is 21.2. The second-order valence-corrected chi connectivity index (χ2v) is 9.06. The summed E-state index contributed by atoms with van der Waals surface area (Å²) in [5.41, 5.74) is 3.36. The molecule has 0 saturated heterocycles. The van der Waals surface area contributed by atoms with E-state index in [0.29, 0.717) is 12.0 Å². The molecule has 2 aromatic carbocycles. The lowest BCUT2D eigenvalue weighted by Crippen LogP contribution is -2.04. The molecule has 182 valence electrons. The van der Waals surface area contributed by atoms with Crippen molar-refractivity contribution < 1.29 is 14.3 Å². The summed E-state index contributed by atoms with van der Waals surface area (Å²) in [7, 11) is 3.40. The van der Waals surface area contributed by atoms with Gasteiger partial charge in [0.1, 0.15) is 5.75 Å². The van der Waals surface area contributed by atoms with E-state index >= 15 is 0 Å². The van der Waals surface area contributed by atoms with Crippen LogP contribution in [0.3, 0.4) is 0 Å². The highest BCUT2D eigenvalue weighted by Crippen LogP contribution is 2.27. The van der Waals surface area contributed by atoms with E-state index in [1.165, 1.54) is 44.9 Å². The van der Waals surface area contributed by atoms with Crippen molar-refractivity contribution >= 4 is 39.5 Å². The van der Waals surface area contributed by atoms with Crippen LogP contribution in [0.25, 0.3) is 0 Å². The van der Waals surface area contributed by atoms with Crippen LogP contribution >= 0.6 is 15.9 Å². The average molecular weight is 520 g/mol. The van der Waals surface area contributed by atoms with Crippen molar-refractivity contribution in [1.82, 2.24) is 0 Å². The first-order chi connectivity index (χ1) is 15.9. The monoisotopic (exact) mass is 518 g/mol. The van der Waals surface area contributed by atoms with Crippen molar-refractivity contribution in [3.8, 4) is 5.75 Å². The smallest absolute Gasteiger partial charge is 0.211 e. The maximum absolute atomic E-state index is 11.1. The topological polar surface area (TPSA) is 67.4 Å². The number of carbonyl (C=O) groups excluding carboxylic acids is 2. The van der Waals surface area contributed by atoms with Gasteiger partial charge in [0.15, 0.2) is 5.78 Å². The lowest BCUT2D eigenvalue weighted by atomic mass is 9.86. The third-order valence-electron chi connectivity index (χ3n) is 5.70. The summed E-state index contributed by atoms with van der Waals surface area (Å²) >= 11 is 3.36. The number of anilines is 2. The highest BCUT2D eigenvalue weighted by molar-refractivity contribution is 9.10. The summed E-state index contributed by atoms with van der Waals surface area (Å²) < 4.78 is 5.99. The van der Waals surface area contributed by atoms with Gasteiger partial charge in [-0.15, -0.1) is 0 Å². The number of nitrogens with one attached hydrogen (secondary N) is 2. The Balaban J connectivity index is 0.000000250. The van der Waals surface area contributed by atoms with Crippen LogP contribution < -0.4 is 15.4 Å². The number of hydrogen-bond donors (Lipinski definition) is 2. The van der Waals surface area contributed by atoms with Gasteiger partial charge in [0.2, 0.25) is 6.41 Å². The largest absolute Gasteiger partial charge is 0.496 e. The maximum atomic E-state index is 11.1. The number of para-hydroxylation sites is 1. The molecule has 2 aromatic rings. The summed E-state index contributed by atoms with van der Waals surface area (Å²) in [6.07, 6.45) is 11.1. The number of halogens is 1. The Morgan fingerprint density at radius 3 is 2.39 bits per heavy atom. The van der Waals surface area contributed by atoms with Gasteiger partial charge < -0.3 is 15.4 Å². The zero-order valence-electron chi connectivity index (χ0n) is 20.7. The van der Waals surface area contributed by atoms with E-state index in [0.717, 1.165) is 33.1 Å². The second-order valence-electron chi connectivity index (χ2n) is 8.21. The zero-order chi connectivity index (χ0) is 24.6. The first kappa shape index (κ1) is 28.7. The molecule has 1 amide bonds. The van der Waals surface area contributed by atoms with E-state index < -0.39 is 0 Å². The Labute approximate surface area is 207 Å². The molecule has 6 heteroatoms. The van der Waals surface area contributed by atoms with Crippen LogP contribution in [0.15, 0.2) is 40.9 Å². The summed E-state index contributed by atoms with van der Waals surface area (Å²) in [6.45, 7) is 5.81. The lowest BCUT2D eigenvalue weighted by Gasteiger charge is -2.20. The zero-order valence-corrected chi connectivity index (χ0v) is 22.3. The molecule has 0 aliphatic heterocycles. The minimum absolute atomic E-state index is 0.0700. The minimum Gasteiger partial charge on any atom is -0.496 e. The Hall–Kier alpha value is -2.34. The number of amides is 1. The SMILES string of the molecule is CCCC1CCCCC1.CNc1c(Br)cccc1C(C)=O.COc1cc(NC=O)ccc1C. The molecule has 0 radical (unpaired) electrons. The fraction of sp³-hybridized carbons (Fsp3) is 0.481. The van der Waals surface area contributed by atoms with Crippen LogP contribution in [-0.2, 0) is 4.79 Å². The second kappa shape index (κ2) is 16.3. The molecule has 0 bridgehead atoms. The lowest BCUT2D eigenvalue weighted by molar-refractivity contribution is -0.105. The highest BCUT2D eigenvalue weighted by Gasteiger charge is 2.11. The number of methoxy groups -OCH3 is 1. The van der Waals surface area contributed by atoms with Crippen molar-refractivity contribution in [2.75, 3.05) is 24.8 Å². The number of Topliss-reactive ketones (excluding diaryl/α,β-unsaturated/α-hetero) is 1. The minimum atomic E-state index is 0.0700. The molecule has 33 heavy (non-hydrogen) atoms. The van der Waals surface area contributed by atoms with Crippen molar-refractivity contribution in [3.05, 3.63) is 52.0 Å². The fourth-order valence-electron chi connectivity index (χ4n) is 3.93. The van der Waals surface area contributed by atoms with E-state index in [4.69, 9.17) is 4.74 Å². The van der Waals surface area contributed by atoms with Crippen LogP contribution in [0.2, 0.25) is 0 Å². The molecule has 5 nitrogen and oxygen atoms in total. The number of ether oxygens (including phenoxy) is 1. The Bertz CT molecular complexity index is 862. The van der Waals surface area contributed by atoms with Crippen molar-refractivity contribution in [2.24, 2.45) is 5.92 Å². The van der Waals surface area contributed by atoms with Crippen LogP contribution in [0.4, 0.5) is 11.4 Å². The summed E-state index contributed by atoms with van der Waals surface area (Å²) in [6, 6.07) is 11.1. The predicted octanol–water partition coefficient (Wildman–Crippen LogP) is 7.63. The standard InChI is InChI=1S/C9H10BrNO.C9H11NO2.C9H18/c1-6(12)7-4-3-5-8(10)9(7)11-2;1-7-3-4-8(10-6-11)5-9(7)12-2;1-2-6-9-7-4-3-5-8-9/h3-5,11H,1-2H3;3-6H,1-2H3,(H,10,11);9H,2-8H2,1H3. The van der Waals surface area contributed by atoms with Gasteiger partial charge in [0.25, 0.3) is 0 Å². The molecule has 1 aliphatic rings. The molecular formula is C27H39BrN2O3. The molecule has 2 N–H and O–H groups in total. The average Bonchev–Trinajstić information content (AvgIpc) is 2.82. The van der Waals surface area contributed by atoms with Gasteiger partial charge >= 0.3 is 0 Å². The molecule has 1 saturated carbocycles. The molecule has 1 aliphatic carbocycles. The van der Waals surface area contributed by atoms with Gasteiger partial charge in [0.05, 0.1) is 12.8 Å². The van der Waals surface area contributed by atoms with Gasteiger partial charge in [-0.2, -0.15) is 0 Å². The molecule has 0 heterocycles. The Morgan fingerprint density at radius 1 is 1.18 bits per heavy atom. The van der Waals surface area contributed by atoms with Crippen LogP contribution in [0, 0.1) is 12.8 Å². The Kier molecular flexibility index (Phi) is 14.2. The molecular weight excluding hydrogens is 480 g/mol. The molecule has 3 rings (SSSR count). The van der Waals surface area contributed by atoms with Gasteiger partial charge in [-0.25, -0.2) is 0 Å². The number of benzene rings is 2. The van der Waals surface area contributed by atoms with Crippen LogP contribution in [-0.4, -0.2) is 26.4 Å². The van der Waals surface area contributed by atoms with Crippen molar-refractivity contribution in [3.63, 3.8) is 0 Å². The van der Waals surface area contributed by atoms with Crippen molar-refractivity contribution in [2.45, 2.75) is 65.7 Å². The number of carbonyl (C=O) groups is 2. The highest BCUT2D eigenvalue weighted by atomic mass is 79.9. The third-order valence-corrected chi connectivity index (χ3v) is 6.36. The molecule has 0 aromatic heterocycles. The fourth-order valence-corrected chi connectivity index (χ4v) is 4.50.